The zero-order valence-electron chi connectivity index (χ0n) is 14.5. The van der Waals surface area contributed by atoms with Crippen molar-refractivity contribution in [2.24, 2.45) is 5.92 Å². The zero-order chi connectivity index (χ0) is 18.1. The van der Waals surface area contributed by atoms with Crippen molar-refractivity contribution in [2.45, 2.75) is 64.3 Å². The average molecular weight is 357 g/mol. The predicted molar refractivity (Wildman–Crippen MR) is 80.7 cm³/mol. The Bertz CT molecular complexity index is 552. The lowest BCUT2D eigenvalue weighted by atomic mass is 9.85. The molecular formula is C16H23NO8. The van der Waals surface area contributed by atoms with Crippen molar-refractivity contribution < 1.29 is 38.2 Å². The van der Waals surface area contributed by atoms with Crippen LogP contribution in [-0.4, -0.2) is 66.8 Å². The normalized spacial score (nSPS) is 37.1. The summed E-state index contributed by atoms with van der Waals surface area (Å²) in [5.74, 6) is -1.77. The molecule has 9 nitrogen and oxygen atoms in total. The highest BCUT2D eigenvalue weighted by atomic mass is 16.8. The number of fused-ring (bicyclic) bond motifs is 3. The number of ether oxygens (including phenoxy) is 4. The average Bonchev–Trinajstić information content (AvgIpc) is 3.07. The summed E-state index contributed by atoms with van der Waals surface area (Å²) in [4.78, 5) is 40.2. The molecule has 0 bridgehead atoms. The lowest BCUT2D eigenvalue weighted by Crippen LogP contribution is -2.59. The van der Waals surface area contributed by atoms with Crippen LogP contribution in [0, 0.1) is 5.92 Å². The van der Waals surface area contributed by atoms with E-state index in [9.17, 15) is 14.4 Å². The van der Waals surface area contributed by atoms with Crippen LogP contribution in [0.4, 0.5) is 0 Å². The number of carbonyl (C=O) groups excluding carboxylic acids is 3. The molecule has 3 aliphatic heterocycles. The van der Waals surface area contributed by atoms with E-state index in [1.54, 1.807) is 0 Å². The van der Waals surface area contributed by atoms with E-state index in [1.165, 1.54) is 20.8 Å². The van der Waals surface area contributed by atoms with E-state index < -0.39 is 42.5 Å². The molecule has 25 heavy (non-hydrogen) atoms. The lowest BCUT2D eigenvalue weighted by Gasteiger charge is -2.42. The van der Waals surface area contributed by atoms with Crippen molar-refractivity contribution in [1.82, 2.24) is 5.06 Å². The molecule has 6 atom stereocenters. The van der Waals surface area contributed by atoms with E-state index in [-0.39, 0.29) is 18.6 Å². The van der Waals surface area contributed by atoms with Crippen molar-refractivity contribution >= 4 is 17.9 Å². The van der Waals surface area contributed by atoms with Crippen LogP contribution in [0.1, 0.15) is 33.6 Å². The molecule has 0 unspecified atom stereocenters. The Kier molecular flexibility index (Phi) is 5.26. The smallest absolute Gasteiger partial charge is 0.303 e. The quantitative estimate of drug-likeness (QED) is 0.514. The maximum absolute atomic E-state index is 11.7. The van der Waals surface area contributed by atoms with E-state index >= 15 is 0 Å². The second-order valence-electron chi connectivity index (χ2n) is 6.53. The van der Waals surface area contributed by atoms with Crippen LogP contribution in [-0.2, 0) is 38.2 Å². The number of hydroxylamine groups is 2. The first-order valence-electron chi connectivity index (χ1n) is 8.43. The van der Waals surface area contributed by atoms with Gasteiger partial charge in [-0.2, -0.15) is 5.06 Å². The standard InChI is InChI=1S/C16H23NO8/c1-8(18)21-7-12-14(22-9(2)19)15(23-10(3)20)13-11-5-4-6-17(11)25-16(13)24-12/h11-16H,4-7H2,1-3H3/t11-,12+,13+,14+,15+,16+/m0/s1. The Balaban J connectivity index is 1.87. The molecule has 0 aromatic carbocycles. The van der Waals surface area contributed by atoms with E-state index in [0.717, 1.165) is 19.4 Å². The van der Waals surface area contributed by atoms with Gasteiger partial charge in [0.05, 0.1) is 5.92 Å². The van der Waals surface area contributed by atoms with Crippen LogP contribution < -0.4 is 0 Å². The SMILES string of the molecule is CC(=O)OC[C@H]1O[C@@H]2ON3CCC[C@H]3[C@@H]2[C@@H](OC(C)=O)[C@@H]1OC(C)=O. The first kappa shape index (κ1) is 18.1. The summed E-state index contributed by atoms with van der Waals surface area (Å²) in [5.41, 5.74) is 0. The summed E-state index contributed by atoms with van der Waals surface area (Å²) in [6.07, 6.45) is -1.17. The highest BCUT2D eigenvalue weighted by molar-refractivity contribution is 5.67. The highest BCUT2D eigenvalue weighted by Gasteiger charge is 2.59. The molecule has 0 N–H and O–H groups in total. The lowest BCUT2D eigenvalue weighted by molar-refractivity contribution is -0.301. The molecule has 9 heteroatoms. The Morgan fingerprint density at radius 2 is 1.72 bits per heavy atom. The number of rotatable bonds is 4. The highest BCUT2D eigenvalue weighted by Crippen LogP contribution is 2.44. The van der Waals surface area contributed by atoms with Gasteiger partial charge in [0.1, 0.15) is 12.7 Å². The van der Waals surface area contributed by atoms with Crippen LogP contribution >= 0.6 is 0 Å². The molecule has 0 amide bonds. The van der Waals surface area contributed by atoms with Gasteiger partial charge in [0.2, 0.25) is 0 Å². The molecule has 3 fully saturated rings. The number of esters is 3. The molecule has 0 spiro atoms. The van der Waals surface area contributed by atoms with Gasteiger partial charge >= 0.3 is 17.9 Å². The van der Waals surface area contributed by atoms with Crippen LogP contribution in [0.25, 0.3) is 0 Å². The van der Waals surface area contributed by atoms with Crippen LogP contribution in [0.3, 0.4) is 0 Å². The third-order valence-corrected chi connectivity index (χ3v) is 4.68. The Morgan fingerprint density at radius 3 is 2.36 bits per heavy atom. The molecule has 3 saturated heterocycles. The fourth-order valence-corrected chi connectivity index (χ4v) is 3.84. The van der Waals surface area contributed by atoms with E-state index in [0.29, 0.717) is 0 Å². The van der Waals surface area contributed by atoms with Gasteiger partial charge in [-0.05, 0) is 12.8 Å². The first-order valence-corrected chi connectivity index (χ1v) is 8.43. The summed E-state index contributed by atoms with van der Waals surface area (Å²) in [7, 11) is 0. The minimum Gasteiger partial charge on any atom is -0.463 e. The molecule has 0 aromatic rings. The van der Waals surface area contributed by atoms with E-state index in [2.05, 4.69) is 0 Å². The topological polar surface area (TPSA) is 101 Å². The van der Waals surface area contributed by atoms with Crippen LogP contribution in [0.2, 0.25) is 0 Å². The number of nitrogens with zero attached hydrogens (tertiary/aromatic N) is 1. The number of carbonyl (C=O) groups is 3. The van der Waals surface area contributed by atoms with Crippen molar-refractivity contribution in [3.05, 3.63) is 0 Å². The Morgan fingerprint density at radius 1 is 1.04 bits per heavy atom. The van der Waals surface area contributed by atoms with Gasteiger partial charge in [0, 0.05) is 33.4 Å². The molecule has 0 radical (unpaired) electrons. The summed E-state index contributed by atoms with van der Waals surface area (Å²) in [5, 5.41) is 1.84. The second kappa shape index (κ2) is 7.27. The second-order valence-corrected chi connectivity index (χ2v) is 6.53. The maximum Gasteiger partial charge on any atom is 0.303 e. The van der Waals surface area contributed by atoms with Gasteiger partial charge in [0.25, 0.3) is 0 Å². The minimum atomic E-state index is -0.869. The third kappa shape index (κ3) is 3.78. The van der Waals surface area contributed by atoms with Crippen molar-refractivity contribution in [2.75, 3.05) is 13.2 Å². The summed E-state index contributed by atoms with van der Waals surface area (Å²) in [6, 6.07) is 0.0297. The first-order chi connectivity index (χ1) is 11.9. The molecular weight excluding hydrogens is 334 g/mol. The Hall–Kier alpha value is -1.71. The van der Waals surface area contributed by atoms with Gasteiger partial charge in [0.15, 0.2) is 18.5 Å². The van der Waals surface area contributed by atoms with Crippen molar-refractivity contribution in [1.29, 1.82) is 0 Å². The van der Waals surface area contributed by atoms with Gasteiger partial charge in [-0.3, -0.25) is 19.2 Å². The molecule has 0 saturated carbocycles. The predicted octanol–water partition coefficient (Wildman–Crippen LogP) is 0.164. The molecule has 140 valence electrons. The molecule has 0 aliphatic carbocycles. The van der Waals surface area contributed by atoms with Gasteiger partial charge in [-0.25, -0.2) is 0 Å². The Labute approximate surface area is 145 Å². The fourth-order valence-electron chi connectivity index (χ4n) is 3.84. The maximum atomic E-state index is 11.7. The molecule has 3 rings (SSSR count). The van der Waals surface area contributed by atoms with Gasteiger partial charge in [-0.15, -0.1) is 0 Å². The molecule has 3 aliphatic rings. The van der Waals surface area contributed by atoms with Crippen LogP contribution in [0.5, 0.6) is 0 Å². The van der Waals surface area contributed by atoms with Crippen LogP contribution in [0.15, 0.2) is 0 Å². The number of hydrogen-bond donors (Lipinski definition) is 0. The van der Waals surface area contributed by atoms with Crippen molar-refractivity contribution in [3.8, 4) is 0 Å². The molecule has 0 aromatic heterocycles. The molecule has 3 heterocycles. The van der Waals surface area contributed by atoms with Gasteiger partial charge < -0.3 is 18.9 Å². The monoisotopic (exact) mass is 357 g/mol. The minimum absolute atomic E-state index is 0.0297. The zero-order valence-corrected chi connectivity index (χ0v) is 14.5. The van der Waals surface area contributed by atoms with E-state index in [1.807, 2.05) is 5.06 Å². The van der Waals surface area contributed by atoms with Crippen molar-refractivity contribution in [3.63, 3.8) is 0 Å². The fraction of sp³-hybridized carbons (Fsp3) is 0.812. The third-order valence-electron chi connectivity index (χ3n) is 4.68. The van der Waals surface area contributed by atoms with E-state index in [4.69, 9.17) is 23.8 Å². The summed E-state index contributed by atoms with van der Waals surface area (Å²) < 4.78 is 21.9. The summed E-state index contributed by atoms with van der Waals surface area (Å²) >= 11 is 0. The van der Waals surface area contributed by atoms with Gasteiger partial charge in [-0.1, -0.05) is 0 Å². The summed E-state index contributed by atoms with van der Waals surface area (Å²) in [6.45, 7) is 4.49. The largest absolute Gasteiger partial charge is 0.463 e. The number of hydrogen-bond acceptors (Lipinski definition) is 9.